The molecule has 1 aromatic rings. The topological polar surface area (TPSA) is 78.5 Å². The first kappa shape index (κ1) is 19.4. The molecule has 0 bridgehead atoms. The van der Waals surface area contributed by atoms with Crippen LogP contribution in [0.4, 0.5) is 5.69 Å². The maximum Gasteiger partial charge on any atom is 0.257 e. The van der Waals surface area contributed by atoms with Crippen molar-refractivity contribution in [3.63, 3.8) is 0 Å². The number of anilines is 1. The summed E-state index contributed by atoms with van der Waals surface area (Å²) in [5.41, 5.74) is 2.45. The fourth-order valence-corrected chi connectivity index (χ4v) is 3.84. The third-order valence-corrected chi connectivity index (χ3v) is 5.33. The van der Waals surface area contributed by atoms with Crippen LogP contribution in [0.2, 0.25) is 0 Å². The fraction of sp³-hybridized carbons (Fsp3) is 0.571. The normalized spacial score (nSPS) is 19.4. The molecule has 1 unspecified atom stereocenters. The van der Waals surface area contributed by atoms with Crippen molar-refractivity contribution in [2.24, 2.45) is 5.92 Å². The molecule has 1 aromatic carbocycles. The first-order valence-corrected chi connectivity index (χ1v) is 9.97. The van der Waals surface area contributed by atoms with Crippen LogP contribution >= 0.6 is 0 Å². The van der Waals surface area contributed by atoms with Gasteiger partial charge < -0.3 is 10.2 Å². The number of nitrogens with one attached hydrogen (secondary N) is 2. The molecule has 0 aliphatic carbocycles. The van der Waals surface area contributed by atoms with E-state index in [0.717, 1.165) is 30.1 Å². The van der Waals surface area contributed by atoms with Gasteiger partial charge in [0.05, 0.1) is 5.56 Å². The van der Waals surface area contributed by atoms with Crippen molar-refractivity contribution in [3.8, 4) is 0 Å². The SMILES string of the molecule is CC(C)CCCCCNc1cccc2c1C(=O)N(C1CCC(=O)NC1=O)C2. The van der Waals surface area contributed by atoms with Gasteiger partial charge in [-0.05, 0) is 30.4 Å². The Bertz CT molecular complexity index is 729. The lowest BCUT2D eigenvalue weighted by Crippen LogP contribution is -2.52. The molecule has 6 nitrogen and oxygen atoms in total. The molecule has 6 heteroatoms. The summed E-state index contributed by atoms with van der Waals surface area (Å²) >= 11 is 0. The van der Waals surface area contributed by atoms with Crippen LogP contribution in [0.3, 0.4) is 0 Å². The number of amides is 3. The van der Waals surface area contributed by atoms with Gasteiger partial charge in [-0.15, -0.1) is 0 Å². The molecule has 1 saturated heterocycles. The maximum atomic E-state index is 13.0. The third kappa shape index (κ3) is 4.49. The number of fused-ring (bicyclic) bond motifs is 1. The number of piperidine rings is 1. The molecule has 2 N–H and O–H groups in total. The second kappa shape index (κ2) is 8.55. The molecule has 3 amide bonds. The summed E-state index contributed by atoms with van der Waals surface area (Å²) < 4.78 is 0. The Kier molecular flexibility index (Phi) is 6.14. The molecule has 27 heavy (non-hydrogen) atoms. The van der Waals surface area contributed by atoms with E-state index >= 15 is 0 Å². The largest absolute Gasteiger partial charge is 0.384 e. The third-order valence-electron chi connectivity index (χ3n) is 5.33. The van der Waals surface area contributed by atoms with Crippen LogP contribution < -0.4 is 10.6 Å². The number of benzene rings is 1. The van der Waals surface area contributed by atoms with Gasteiger partial charge in [0.1, 0.15) is 6.04 Å². The summed E-state index contributed by atoms with van der Waals surface area (Å²) in [7, 11) is 0. The smallest absolute Gasteiger partial charge is 0.257 e. The van der Waals surface area contributed by atoms with Crippen LogP contribution in [0, 0.1) is 5.92 Å². The first-order valence-electron chi connectivity index (χ1n) is 9.97. The Hall–Kier alpha value is -2.37. The Morgan fingerprint density at radius 1 is 1.19 bits per heavy atom. The van der Waals surface area contributed by atoms with Crippen molar-refractivity contribution in [1.29, 1.82) is 0 Å². The lowest BCUT2D eigenvalue weighted by Gasteiger charge is -2.29. The van der Waals surface area contributed by atoms with Gasteiger partial charge in [-0.3, -0.25) is 19.7 Å². The molecule has 0 radical (unpaired) electrons. The Morgan fingerprint density at radius 2 is 2.00 bits per heavy atom. The summed E-state index contributed by atoms with van der Waals surface area (Å²) in [4.78, 5) is 38.1. The minimum Gasteiger partial charge on any atom is -0.384 e. The highest BCUT2D eigenvalue weighted by molar-refractivity contribution is 6.07. The van der Waals surface area contributed by atoms with Gasteiger partial charge in [-0.25, -0.2) is 0 Å². The maximum absolute atomic E-state index is 13.0. The van der Waals surface area contributed by atoms with Crippen molar-refractivity contribution in [2.75, 3.05) is 11.9 Å². The van der Waals surface area contributed by atoms with Crippen molar-refractivity contribution in [3.05, 3.63) is 29.3 Å². The molecule has 2 aliphatic heterocycles. The van der Waals surface area contributed by atoms with Crippen molar-refractivity contribution in [1.82, 2.24) is 10.2 Å². The summed E-state index contributed by atoms with van der Waals surface area (Å²) in [5, 5.41) is 5.75. The summed E-state index contributed by atoms with van der Waals surface area (Å²) in [6.07, 6.45) is 5.40. The van der Waals surface area contributed by atoms with Crippen LogP contribution in [-0.2, 0) is 16.1 Å². The summed E-state index contributed by atoms with van der Waals surface area (Å²) in [6, 6.07) is 5.25. The number of hydrogen-bond donors (Lipinski definition) is 2. The average molecular weight is 371 g/mol. The Morgan fingerprint density at radius 3 is 2.74 bits per heavy atom. The zero-order valence-electron chi connectivity index (χ0n) is 16.2. The van der Waals surface area contributed by atoms with Gasteiger partial charge in [0.2, 0.25) is 11.8 Å². The predicted molar refractivity (Wildman–Crippen MR) is 104 cm³/mol. The van der Waals surface area contributed by atoms with Crippen molar-refractivity contribution >= 4 is 23.4 Å². The van der Waals surface area contributed by atoms with Gasteiger partial charge in [0.15, 0.2) is 0 Å². The lowest BCUT2D eigenvalue weighted by atomic mass is 10.0. The number of nitrogens with zero attached hydrogens (tertiary/aromatic N) is 1. The Labute approximate surface area is 160 Å². The van der Waals surface area contributed by atoms with E-state index in [2.05, 4.69) is 24.5 Å². The monoisotopic (exact) mass is 371 g/mol. The lowest BCUT2D eigenvalue weighted by molar-refractivity contribution is -0.136. The minimum atomic E-state index is -0.563. The zero-order valence-corrected chi connectivity index (χ0v) is 16.2. The molecule has 0 spiro atoms. The van der Waals surface area contributed by atoms with Gasteiger partial charge in [-0.1, -0.05) is 45.2 Å². The van der Waals surface area contributed by atoms with Crippen molar-refractivity contribution in [2.45, 2.75) is 65.0 Å². The highest BCUT2D eigenvalue weighted by Gasteiger charge is 2.39. The number of carbonyl (C=O) groups excluding carboxylic acids is 3. The van der Waals surface area contributed by atoms with E-state index in [1.807, 2.05) is 18.2 Å². The van der Waals surface area contributed by atoms with Crippen LogP contribution in [0.15, 0.2) is 18.2 Å². The molecule has 3 rings (SSSR count). The first-order chi connectivity index (χ1) is 13.0. The second-order valence-corrected chi connectivity index (χ2v) is 7.91. The van der Waals surface area contributed by atoms with Crippen LogP contribution in [0.5, 0.6) is 0 Å². The van der Waals surface area contributed by atoms with Crippen LogP contribution in [-0.4, -0.2) is 35.2 Å². The number of carbonyl (C=O) groups is 3. The summed E-state index contributed by atoms with van der Waals surface area (Å²) in [6.45, 7) is 5.74. The van der Waals surface area contributed by atoms with Crippen LogP contribution in [0.25, 0.3) is 0 Å². The molecule has 1 atom stereocenters. The predicted octanol–water partition coefficient (Wildman–Crippen LogP) is 3.08. The van der Waals surface area contributed by atoms with E-state index in [1.165, 1.54) is 19.3 Å². The van der Waals surface area contributed by atoms with Gasteiger partial charge >= 0.3 is 0 Å². The second-order valence-electron chi connectivity index (χ2n) is 7.91. The molecule has 2 heterocycles. The molecule has 1 fully saturated rings. The number of hydrogen-bond acceptors (Lipinski definition) is 4. The molecule has 0 aromatic heterocycles. The highest BCUT2D eigenvalue weighted by atomic mass is 16.2. The Balaban J connectivity index is 1.61. The van der Waals surface area contributed by atoms with Crippen molar-refractivity contribution < 1.29 is 14.4 Å². The standard InChI is InChI=1S/C21H29N3O3/c1-14(2)7-4-3-5-12-22-16-9-6-8-15-13-24(21(27)19(15)16)17-10-11-18(25)23-20(17)26/h6,8-9,14,17,22H,3-5,7,10-13H2,1-2H3,(H,23,25,26). The van der Waals surface area contributed by atoms with E-state index < -0.39 is 6.04 Å². The van der Waals surface area contributed by atoms with E-state index in [1.54, 1.807) is 4.90 Å². The minimum absolute atomic E-state index is 0.123. The van der Waals surface area contributed by atoms with Gasteiger partial charge in [-0.2, -0.15) is 0 Å². The quantitative estimate of drug-likeness (QED) is 0.544. The van der Waals surface area contributed by atoms with Crippen LogP contribution in [0.1, 0.15) is 68.3 Å². The zero-order chi connectivity index (χ0) is 19.4. The number of unbranched alkanes of at least 4 members (excludes halogenated alkanes) is 2. The number of imide groups is 1. The number of rotatable bonds is 8. The molecular weight excluding hydrogens is 342 g/mol. The van der Waals surface area contributed by atoms with Gasteiger partial charge in [0, 0.05) is 25.2 Å². The van der Waals surface area contributed by atoms with E-state index in [4.69, 9.17) is 0 Å². The molecular formula is C21H29N3O3. The van der Waals surface area contributed by atoms with E-state index in [-0.39, 0.29) is 24.1 Å². The fourth-order valence-electron chi connectivity index (χ4n) is 3.84. The molecule has 2 aliphatic rings. The van der Waals surface area contributed by atoms with E-state index in [9.17, 15) is 14.4 Å². The summed E-state index contributed by atoms with van der Waals surface area (Å²) in [5.74, 6) is -0.0130. The average Bonchev–Trinajstić information content (AvgIpc) is 2.95. The highest BCUT2D eigenvalue weighted by Crippen LogP contribution is 2.32. The van der Waals surface area contributed by atoms with E-state index in [0.29, 0.717) is 18.5 Å². The molecule has 146 valence electrons. The molecule has 0 saturated carbocycles. The van der Waals surface area contributed by atoms with Gasteiger partial charge in [0.25, 0.3) is 5.91 Å².